The van der Waals surface area contributed by atoms with Crippen LogP contribution in [0.25, 0.3) is 0 Å². The van der Waals surface area contributed by atoms with Crippen molar-refractivity contribution in [3.63, 3.8) is 0 Å². The summed E-state index contributed by atoms with van der Waals surface area (Å²) in [7, 11) is 1.67. The summed E-state index contributed by atoms with van der Waals surface area (Å²) in [5, 5.41) is 8.44. The third-order valence-electron chi connectivity index (χ3n) is 3.22. The molecule has 0 aromatic carbocycles. The molecule has 0 atom stereocenters. The first-order valence-electron chi connectivity index (χ1n) is 9.77. The van der Waals surface area contributed by atoms with Gasteiger partial charge in [0.15, 0.2) is 0 Å². The summed E-state index contributed by atoms with van der Waals surface area (Å²) in [5.74, 6) is -0.876. The third kappa shape index (κ3) is 21.1. The van der Waals surface area contributed by atoms with E-state index in [0.29, 0.717) is 66.0 Å². The van der Waals surface area contributed by atoms with Gasteiger partial charge in [0.2, 0.25) is 0 Å². The Morgan fingerprint density at radius 3 is 1.48 bits per heavy atom. The second kappa shape index (κ2) is 17.4. The number of rotatable bonds is 18. The second-order valence-corrected chi connectivity index (χ2v) is 7.11. The van der Waals surface area contributed by atoms with Crippen molar-refractivity contribution in [3.05, 3.63) is 0 Å². The van der Waals surface area contributed by atoms with Crippen LogP contribution in [0, 0.1) is 0 Å². The van der Waals surface area contributed by atoms with E-state index in [1.165, 1.54) is 4.90 Å². The summed E-state index contributed by atoms with van der Waals surface area (Å²) < 4.78 is 31.8. The zero-order valence-electron chi connectivity index (χ0n) is 18.1. The van der Waals surface area contributed by atoms with Gasteiger partial charge >= 0.3 is 12.1 Å². The zero-order valence-corrected chi connectivity index (χ0v) is 18.1. The molecule has 0 aliphatic carbocycles. The lowest BCUT2D eigenvalue weighted by molar-refractivity contribution is -0.138. The van der Waals surface area contributed by atoms with Gasteiger partial charge in [-0.1, -0.05) is 0 Å². The van der Waals surface area contributed by atoms with E-state index in [9.17, 15) is 9.59 Å². The number of carboxylic acids is 1. The lowest BCUT2D eigenvalue weighted by Crippen LogP contribution is -2.36. The molecule has 0 bridgehead atoms. The lowest BCUT2D eigenvalue weighted by Gasteiger charge is -2.24. The molecular weight excluding hydrogens is 386 g/mol. The van der Waals surface area contributed by atoms with Gasteiger partial charge in [-0.3, -0.25) is 4.79 Å². The Kier molecular flexibility index (Phi) is 16.5. The molecule has 0 rings (SSSR count). The van der Waals surface area contributed by atoms with Crippen LogP contribution in [0.3, 0.4) is 0 Å². The number of nitrogens with zero attached hydrogens (tertiary/aromatic N) is 1. The second-order valence-electron chi connectivity index (χ2n) is 7.11. The Morgan fingerprint density at radius 1 is 0.724 bits per heavy atom. The first kappa shape index (κ1) is 27.5. The Morgan fingerprint density at radius 2 is 1.10 bits per heavy atom. The highest BCUT2D eigenvalue weighted by molar-refractivity contribution is 5.67. The first-order valence-corrected chi connectivity index (χ1v) is 9.77. The van der Waals surface area contributed by atoms with Crippen LogP contribution >= 0.6 is 0 Å². The van der Waals surface area contributed by atoms with E-state index in [0.717, 1.165) is 0 Å². The number of carbonyl (C=O) groups excluding carboxylic acids is 1. The van der Waals surface area contributed by atoms with Gasteiger partial charge in [0.1, 0.15) is 5.60 Å². The Labute approximate surface area is 173 Å². The number of hydrogen-bond acceptors (Lipinski definition) is 8. The van der Waals surface area contributed by atoms with E-state index in [1.54, 1.807) is 7.05 Å². The quantitative estimate of drug-likeness (QED) is 0.327. The average Bonchev–Trinajstić information content (AvgIpc) is 2.62. The van der Waals surface area contributed by atoms with Crippen molar-refractivity contribution < 1.29 is 43.1 Å². The zero-order chi connectivity index (χ0) is 22.0. The number of hydrogen-bond donors (Lipinski definition) is 1. The van der Waals surface area contributed by atoms with Crippen molar-refractivity contribution in [1.29, 1.82) is 0 Å². The minimum absolute atomic E-state index is 0.00270. The molecular formula is C19H37NO9. The van der Waals surface area contributed by atoms with Crippen LogP contribution in [0.1, 0.15) is 27.2 Å². The maximum absolute atomic E-state index is 11.7. The Balaban J connectivity index is 3.26. The van der Waals surface area contributed by atoms with Crippen LogP contribution in [0.4, 0.5) is 4.79 Å². The van der Waals surface area contributed by atoms with Crippen molar-refractivity contribution in [2.75, 3.05) is 79.7 Å². The van der Waals surface area contributed by atoms with Crippen molar-refractivity contribution in [2.24, 2.45) is 0 Å². The molecule has 10 nitrogen and oxygen atoms in total. The highest BCUT2D eigenvalue weighted by Gasteiger charge is 2.19. The van der Waals surface area contributed by atoms with E-state index in [2.05, 4.69) is 0 Å². The minimum Gasteiger partial charge on any atom is -0.481 e. The molecule has 0 heterocycles. The summed E-state index contributed by atoms with van der Waals surface area (Å²) in [5.41, 5.74) is -0.508. The van der Waals surface area contributed by atoms with Gasteiger partial charge in [-0.05, 0) is 20.8 Å². The van der Waals surface area contributed by atoms with Crippen molar-refractivity contribution >= 4 is 12.1 Å². The van der Waals surface area contributed by atoms with Crippen LogP contribution in [-0.4, -0.2) is 107 Å². The third-order valence-corrected chi connectivity index (χ3v) is 3.22. The predicted octanol–water partition coefficient (Wildman–Crippen LogP) is 1.41. The lowest BCUT2D eigenvalue weighted by atomic mass is 10.2. The number of amides is 1. The molecule has 1 amide bonds. The fourth-order valence-corrected chi connectivity index (χ4v) is 1.77. The standard InChI is InChI=1S/C19H37NO9/c1-19(2,3)29-18(23)20(4)6-8-25-10-12-27-14-16-28-15-13-26-11-9-24-7-5-17(21)22/h5-16H2,1-4H3,(H,21,22). The van der Waals surface area contributed by atoms with Crippen molar-refractivity contribution in [2.45, 2.75) is 32.8 Å². The monoisotopic (exact) mass is 423 g/mol. The predicted molar refractivity (Wildman–Crippen MR) is 105 cm³/mol. The molecule has 0 aliphatic heterocycles. The molecule has 0 spiro atoms. The highest BCUT2D eigenvalue weighted by Crippen LogP contribution is 2.08. The molecule has 0 aromatic rings. The molecule has 10 heteroatoms. The van der Waals surface area contributed by atoms with E-state index in [1.807, 2.05) is 20.8 Å². The molecule has 0 aromatic heterocycles. The summed E-state index contributed by atoms with van der Waals surface area (Å²) in [6.45, 7) is 9.98. The molecule has 172 valence electrons. The van der Waals surface area contributed by atoms with Crippen LogP contribution in [0.2, 0.25) is 0 Å². The molecule has 0 aliphatic rings. The summed E-state index contributed by atoms with van der Waals surface area (Å²) in [4.78, 5) is 23.5. The van der Waals surface area contributed by atoms with E-state index in [4.69, 9.17) is 33.5 Å². The topological polar surface area (TPSA) is 113 Å². The van der Waals surface area contributed by atoms with Crippen molar-refractivity contribution in [1.82, 2.24) is 4.90 Å². The summed E-state index contributed by atoms with van der Waals surface area (Å²) in [6, 6.07) is 0. The van der Waals surface area contributed by atoms with Gasteiger partial charge in [0.25, 0.3) is 0 Å². The van der Waals surface area contributed by atoms with Gasteiger partial charge in [-0.25, -0.2) is 4.79 Å². The Hall–Kier alpha value is -1.46. The minimum atomic E-state index is -0.876. The van der Waals surface area contributed by atoms with E-state index >= 15 is 0 Å². The molecule has 0 saturated heterocycles. The molecule has 0 unspecified atom stereocenters. The van der Waals surface area contributed by atoms with Crippen LogP contribution < -0.4 is 0 Å². The van der Waals surface area contributed by atoms with Gasteiger partial charge in [0, 0.05) is 13.6 Å². The highest BCUT2D eigenvalue weighted by atomic mass is 16.6. The SMILES string of the molecule is CN(CCOCCOCCOCCOCCOCCC(=O)O)C(=O)OC(C)(C)C. The van der Waals surface area contributed by atoms with Crippen LogP contribution in [0.15, 0.2) is 0 Å². The molecule has 0 saturated carbocycles. The Bertz CT molecular complexity index is 426. The van der Waals surface area contributed by atoms with Gasteiger partial charge in [0.05, 0.1) is 72.5 Å². The van der Waals surface area contributed by atoms with Crippen molar-refractivity contribution in [3.8, 4) is 0 Å². The largest absolute Gasteiger partial charge is 0.481 e. The molecule has 1 N–H and O–H groups in total. The fraction of sp³-hybridized carbons (Fsp3) is 0.895. The number of ether oxygens (including phenoxy) is 6. The van der Waals surface area contributed by atoms with Gasteiger partial charge in [-0.15, -0.1) is 0 Å². The maximum Gasteiger partial charge on any atom is 0.410 e. The van der Waals surface area contributed by atoms with Gasteiger partial charge < -0.3 is 38.4 Å². The van der Waals surface area contributed by atoms with Crippen LogP contribution in [-0.2, 0) is 33.2 Å². The molecule has 29 heavy (non-hydrogen) atoms. The number of aliphatic carboxylic acids is 1. The number of carboxylic acid groups (broad SMARTS) is 1. The average molecular weight is 424 g/mol. The smallest absolute Gasteiger partial charge is 0.410 e. The summed E-state index contributed by atoms with van der Waals surface area (Å²) in [6.07, 6.45) is -0.374. The number of carbonyl (C=O) groups is 2. The number of likely N-dealkylation sites (N-methyl/N-ethyl adjacent to an activating group) is 1. The van der Waals surface area contributed by atoms with E-state index in [-0.39, 0.29) is 19.1 Å². The fourth-order valence-electron chi connectivity index (χ4n) is 1.77. The first-order chi connectivity index (χ1) is 13.7. The maximum atomic E-state index is 11.7. The summed E-state index contributed by atoms with van der Waals surface area (Å²) >= 11 is 0. The molecule has 0 radical (unpaired) electrons. The van der Waals surface area contributed by atoms with E-state index < -0.39 is 11.6 Å². The van der Waals surface area contributed by atoms with Crippen LogP contribution in [0.5, 0.6) is 0 Å². The van der Waals surface area contributed by atoms with Gasteiger partial charge in [-0.2, -0.15) is 0 Å². The molecule has 0 fully saturated rings. The normalized spacial score (nSPS) is 11.4.